The van der Waals surface area contributed by atoms with Crippen LogP contribution in [-0.2, 0) is 0 Å². The fourth-order valence-electron chi connectivity index (χ4n) is 3.05. The lowest BCUT2D eigenvalue weighted by Crippen LogP contribution is -2.29. The van der Waals surface area contributed by atoms with Crippen molar-refractivity contribution in [3.05, 3.63) is 47.7 Å². The molecule has 3 heterocycles. The van der Waals surface area contributed by atoms with Crippen molar-refractivity contribution >= 4 is 11.7 Å². The standard InChI is InChI=1S/C17H15F2N7O2/c18-12-2-1-3-13(14(12)19)26-16(22-23-24-26)11-6-9(7-21-15(11)20)17(28)25-5-4-10(27)8-25/h1-3,6-7,10,27H,4-5,8H2,(H2,20,21)/t10-/m1/s1. The molecule has 0 radical (unpaired) electrons. The molecule has 4 rings (SSSR count). The summed E-state index contributed by atoms with van der Waals surface area (Å²) in [5.41, 5.74) is 6.12. The van der Waals surface area contributed by atoms with Gasteiger partial charge in [0.1, 0.15) is 11.5 Å². The Labute approximate surface area is 157 Å². The predicted octanol–water partition coefficient (Wildman–Crippen LogP) is 0.791. The number of carbonyl (C=O) groups excluding carboxylic acids is 1. The molecule has 1 aromatic carbocycles. The summed E-state index contributed by atoms with van der Waals surface area (Å²) in [4.78, 5) is 18.2. The number of nitrogens with zero attached hydrogens (tertiary/aromatic N) is 6. The van der Waals surface area contributed by atoms with Gasteiger partial charge in [0.2, 0.25) is 0 Å². The molecule has 2 aromatic heterocycles. The van der Waals surface area contributed by atoms with E-state index in [1.165, 1.54) is 29.3 Å². The molecule has 3 aromatic rings. The molecular weight excluding hydrogens is 372 g/mol. The first-order chi connectivity index (χ1) is 13.5. The molecule has 28 heavy (non-hydrogen) atoms. The number of hydrogen-bond acceptors (Lipinski definition) is 7. The number of aliphatic hydroxyl groups is 1. The number of nitrogen functional groups attached to an aromatic ring is 1. The van der Waals surface area contributed by atoms with Crippen LogP contribution < -0.4 is 5.73 Å². The smallest absolute Gasteiger partial charge is 0.255 e. The number of aromatic nitrogens is 5. The second-order valence-electron chi connectivity index (χ2n) is 6.34. The maximum atomic E-state index is 14.2. The minimum absolute atomic E-state index is 0.00519. The van der Waals surface area contributed by atoms with Crippen molar-refractivity contribution in [2.75, 3.05) is 18.8 Å². The first kappa shape index (κ1) is 17.9. The van der Waals surface area contributed by atoms with Gasteiger partial charge in [0.15, 0.2) is 17.5 Å². The van der Waals surface area contributed by atoms with Gasteiger partial charge in [0.25, 0.3) is 5.91 Å². The van der Waals surface area contributed by atoms with Gasteiger partial charge < -0.3 is 15.7 Å². The molecule has 9 nitrogen and oxygen atoms in total. The van der Waals surface area contributed by atoms with Crippen molar-refractivity contribution < 1.29 is 18.7 Å². The summed E-state index contributed by atoms with van der Waals surface area (Å²) in [6.07, 6.45) is 1.24. The van der Waals surface area contributed by atoms with E-state index in [9.17, 15) is 18.7 Å². The molecule has 0 spiro atoms. The summed E-state index contributed by atoms with van der Waals surface area (Å²) in [5.74, 6) is -2.49. The van der Waals surface area contributed by atoms with Crippen LogP contribution >= 0.6 is 0 Å². The van der Waals surface area contributed by atoms with Gasteiger partial charge in [0.05, 0.1) is 17.2 Å². The SMILES string of the molecule is Nc1ncc(C(=O)N2CC[C@@H](O)C2)cc1-c1nnnn1-c1cccc(F)c1F. The number of β-amino-alcohol motifs (C(OH)–C–C–N with tert-alkyl or cyclic N) is 1. The molecule has 1 aliphatic heterocycles. The van der Waals surface area contributed by atoms with Crippen LogP contribution in [-0.4, -0.2) is 60.3 Å². The number of amides is 1. The zero-order valence-electron chi connectivity index (χ0n) is 14.5. The Morgan fingerprint density at radius 1 is 1.32 bits per heavy atom. The van der Waals surface area contributed by atoms with Crippen LogP contribution in [0.1, 0.15) is 16.8 Å². The average Bonchev–Trinajstić information content (AvgIpc) is 3.33. The van der Waals surface area contributed by atoms with E-state index in [2.05, 4.69) is 20.5 Å². The van der Waals surface area contributed by atoms with Crippen LogP contribution in [0.25, 0.3) is 17.1 Å². The highest BCUT2D eigenvalue weighted by atomic mass is 19.2. The molecule has 1 saturated heterocycles. The van der Waals surface area contributed by atoms with Crippen LogP contribution in [0, 0.1) is 11.6 Å². The van der Waals surface area contributed by atoms with E-state index in [1.54, 1.807) is 0 Å². The van der Waals surface area contributed by atoms with E-state index in [1.807, 2.05) is 0 Å². The number of halogens is 2. The van der Waals surface area contributed by atoms with Gasteiger partial charge in [-0.25, -0.2) is 13.8 Å². The molecule has 1 amide bonds. The lowest BCUT2D eigenvalue weighted by atomic mass is 10.1. The summed E-state index contributed by atoms with van der Waals surface area (Å²) < 4.78 is 28.8. The summed E-state index contributed by atoms with van der Waals surface area (Å²) in [7, 11) is 0. The lowest BCUT2D eigenvalue weighted by Gasteiger charge is -2.16. The quantitative estimate of drug-likeness (QED) is 0.681. The number of anilines is 1. The van der Waals surface area contributed by atoms with Crippen LogP contribution in [0.4, 0.5) is 14.6 Å². The van der Waals surface area contributed by atoms with Crippen molar-refractivity contribution in [3.63, 3.8) is 0 Å². The second-order valence-corrected chi connectivity index (χ2v) is 6.34. The van der Waals surface area contributed by atoms with E-state index in [4.69, 9.17) is 5.73 Å². The second kappa shape index (κ2) is 6.93. The molecule has 144 valence electrons. The molecule has 1 atom stereocenters. The van der Waals surface area contributed by atoms with Crippen molar-refractivity contribution in [2.45, 2.75) is 12.5 Å². The fraction of sp³-hybridized carbons (Fsp3) is 0.235. The van der Waals surface area contributed by atoms with Crippen LogP contribution in [0.2, 0.25) is 0 Å². The third-order valence-electron chi connectivity index (χ3n) is 4.49. The zero-order valence-corrected chi connectivity index (χ0v) is 14.5. The largest absolute Gasteiger partial charge is 0.391 e. The topological polar surface area (TPSA) is 123 Å². The Bertz CT molecular complexity index is 1060. The Balaban J connectivity index is 1.76. The Morgan fingerprint density at radius 2 is 2.14 bits per heavy atom. The molecule has 0 unspecified atom stereocenters. The predicted molar refractivity (Wildman–Crippen MR) is 93.2 cm³/mol. The molecule has 1 aliphatic rings. The lowest BCUT2D eigenvalue weighted by molar-refractivity contribution is 0.0764. The highest BCUT2D eigenvalue weighted by Gasteiger charge is 2.27. The number of tetrazole rings is 1. The highest BCUT2D eigenvalue weighted by Crippen LogP contribution is 2.27. The number of rotatable bonds is 3. The molecule has 3 N–H and O–H groups in total. The number of carbonyl (C=O) groups is 1. The molecule has 1 fully saturated rings. The summed E-state index contributed by atoms with van der Waals surface area (Å²) >= 11 is 0. The van der Waals surface area contributed by atoms with Gasteiger partial charge in [-0.15, -0.1) is 5.10 Å². The maximum absolute atomic E-state index is 14.2. The van der Waals surface area contributed by atoms with Gasteiger partial charge in [-0.1, -0.05) is 6.07 Å². The van der Waals surface area contributed by atoms with Crippen LogP contribution in [0.15, 0.2) is 30.5 Å². The Morgan fingerprint density at radius 3 is 2.89 bits per heavy atom. The first-order valence-electron chi connectivity index (χ1n) is 8.41. The number of aliphatic hydroxyl groups excluding tert-OH is 1. The maximum Gasteiger partial charge on any atom is 0.255 e. The Hall–Kier alpha value is -3.47. The normalized spacial score (nSPS) is 16.5. The number of pyridine rings is 1. The van der Waals surface area contributed by atoms with Crippen molar-refractivity contribution in [1.29, 1.82) is 0 Å². The van der Waals surface area contributed by atoms with Gasteiger partial charge >= 0.3 is 0 Å². The minimum atomic E-state index is -1.12. The molecule has 11 heteroatoms. The van der Waals surface area contributed by atoms with Gasteiger partial charge in [-0.3, -0.25) is 4.79 Å². The number of benzene rings is 1. The Kier molecular flexibility index (Phi) is 4.43. The van der Waals surface area contributed by atoms with Crippen LogP contribution in [0.5, 0.6) is 0 Å². The van der Waals surface area contributed by atoms with Gasteiger partial charge in [-0.2, -0.15) is 4.68 Å². The van der Waals surface area contributed by atoms with E-state index in [0.717, 1.165) is 10.7 Å². The van der Waals surface area contributed by atoms with Gasteiger partial charge in [-0.05, 0) is 35.0 Å². The molecule has 0 bridgehead atoms. The van der Waals surface area contributed by atoms with Crippen LogP contribution in [0.3, 0.4) is 0 Å². The van der Waals surface area contributed by atoms with E-state index < -0.39 is 17.7 Å². The molecular formula is C17H15F2N7O2. The zero-order chi connectivity index (χ0) is 19.8. The summed E-state index contributed by atoms with van der Waals surface area (Å²) in [5, 5.41) is 20.7. The summed E-state index contributed by atoms with van der Waals surface area (Å²) in [6.45, 7) is 0.650. The highest BCUT2D eigenvalue weighted by molar-refractivity contribution is 5.96. The van der Waals surface area contributed by atoms with Gasteiger partial charge in [0, 0.05) is 19.3 Å². The number of hydrogen-bond donors (Lipinski definition) is 2. The monoisotopic (exact) mass is 387 g/mol. The van der Waals surface area contributed by atoms with E-state index in [-0.39, 0.29) is 40.9 Å². The average molecular weight is 387 g/mol. The van der Waals surface area contributed by atoms with Crippen molar-refractivity contribution in [1.82, 2.24) is 30.1 Å². The number of nitrogens with two attached hydrogens (primary N) is 1. The summed E-state index contributed by atoms with van der Waals surface area (Å²) in [6, 6.07) is 5.04. The minimum Gasteiger partial charge on any atom is -0.391 e. The van der Waals surface area contributed by atoms with Crippen molar-refractivity contribution in [3.8, 4) is 17.1 Å². The third kappa shape index (κ3) is 3.05. The fourth-order valence-corrected chi connectivity index (χ4v) is 3.05. The molecule has 0 aliphatic carbocycles. The number of likely N-dealkylation sites (tertiary alicyclic amines) is 1. The van der Waals surface area contributed by atoms with Crippen molar-refractivity contribution in [2.24, 2.45) is 0 Å². The first-order valence-corrected chi connectivity index (χ1v) is 8.41. The third-order valence-corrected chi connectivity index (χ3v) is 4.49. The van der Waals surface area contributed by atoms with E-state index >= 15 is 0 Å². The van der Waals surface area contributed by atoms with E-state index in [0.29, 0.717) is 13.0 Å². The molecule has 0 saturated carbocycles.